The first-order valence-corrected chi connectivity index (χ1v) is 9.29. The topological polar surface area (TPSA) is 58.2 Å². The molecular weight excluding hydrogens is 284 g/mol. The Morgan fingerprint density at radius 2 is 1.90 bits per heavy atom. The Bertz CT molecular complexity index is 565. The minimum Gasteiger partial charge on any atom is -0.313 e. The lowest BCUT2D eigenvalue weighted by atomic mass is 10.0. The zero-order chi connectivity index (χ0) is 15.3. The Kier molecular flexibility index (Phi) is 5.41. The molecule has 1 aromatic rings. The van der Waals surface area contributed by atoms with Crippen molar-refractivity contribution in [2.24, 2.45) is 5.41 Å². The van der Waals surface area contributed by atoms with Gasteiger partial charge in [0.05, 0.1) is 4.90 Å². The molecule has 0 spiro atoms. The number of hydrogen-bond acceptors (Lipinski definition) is 3. The van der Waals surface area contributed by atoms with E-state index in [9.17, 15) is 8.42 Å². The molecule has 1 aromatic carbocycles. The van der Waals surface area contributed by atoms with Crippen molar-refractivity contribution in [3.8, 4) is 0 Å². The van der Waals surface area contributed by atoms with Crippen molar-refractivity contribution in [1.82, 2.24) is 10.0 Å². The lowest BCUT2D eigenvalue weighted by Gasteiger charge is -2.16. The highest BCUT2D eigenvalue weighted by Crippen LogP contribution is 2.49. The number of nitrogens with one attached hydrogen (secondary N) is 2. The van der Waals surface area contributed by atoms with E-state index in [4.69, 9.17) is 0 Å². The third kappa shape index (κ3) is 4.28. The molecule has 1 fully saturated rings. The standard InChI is InChI=1S/C16H26N2O2S/c1-3-9-16(10-11-16)13-18-21(19,20)15-8-6-5-7-14(15)12-17-4-2/h5-8,17-18H,3-4,9-13H2,1-2H3. The summed E-state index contributed by atoms with van der Waals surface area (Å²) in [5.74, 6) is 0. The molecule has 0 heterocycles. The smallest absolute Gasteiger partial charge is 0.240 e. The van der Waals surface area contributed by atoms with Gasteiger partial charge in [-0.2, -0.15) is 0 Å². The van der Waals surface area contributed by atoms with Gasteiger partial charge >= 0.3 is 0 Å². The first-order chi connectivity index (χ1) is 10.0. The Labute approximate surface area is 128 Å². The number of benzene rings is 1. The van der Waals surface area contributed by atoms with Crippen molar-refractivity contribution in [1.29, 1.82) is 0 Å². The summed E-state index contributed by atoms with van der Waals surface area (Å²) in [6.45, 7) is 6.13. The maximum atomic E-state index is 12.6. The van der Waals surface area contributed by atoms with Crippen LogP contribution in [0.4, 0.5) is 0 Å². The lowest BCUT2D eigenvalue weighted by Crippen LogP contribution is -2.31. The highest BCUT2D eigenvalue weighted by Gasteiger charge is 2.42. The van der Waals surface area contributed by atoms with E-state index in [2.05, 4.69) is 17.0 Å². The van der Waals surface area contributed by atoms with E-state index in [0.717, 1.165) is 37.8 Å². The monoisotopic (exact) mass is 310 g/mol. The Morgan fingerprint density at radius 3 is 2.52 bits per heavy atom. The van der Waals surface area contributed by atoms with Crippen LogP contribution in [0.15, 0.2) is 29.2 Å². The number of sulfonamides is 1. The largest absolute Gasteiger partial charge is 0.313 e. The molecule has 4 nitrogen and oxygen atoms in total. The van der Waals surface area contributed by atoms with Gasteiger partial charge in [-0.15, -0.1) is 0 Å². The third-order valence-corrected chi connectivity index (χ3v) is 5.70. The van der Waals surface area contributed by atoms with Crippen molar-refractivity contribution in [2.75, 3.05) is 13.1 Å². The van der Waals surface area contributed by atoms with Crippen molar-refractivity contribution in [2.45, 2.75) is 51.0 Å². The second-order valence-corrected chi connectivity index (χ2v) is 7.70. The summed E-state index contributed by atoms with van der Waals surface area (Å²) in [6, 6.07) is 7.22. The average molecular weight is 310 g/mol. The van der Waals surface area contributed by atoms with Gasteiger partial charge in [0.2, 0.25) is 10.0 Å². The van der Waals surface area contributed by atoms with Crippen LogP contribution >= 0.6 is 0 Å². The van der Waals surface area contributed by atoms with Crippen LogP contribution in [-0.2, 0) is 16.6 Å². The summed E-state index contributed by atoms with van der Waals surface area (Å²) in [6.07, 6.45) is 4.50. The SMILES string of the molecule is CCCC1(CNS(=O)(=O)c2ccccc2CNCC)CC1. The number of rotatable bonds is 9. The molecule has 0 radical (unpaired) electrons. The van der Waals surface area contributed by atoms with Gasteiger partial charge in [0.1, 0.15) is 0 Å². The Hall–Kier alpha value is -0.910. The molecule has 1 saturated carbocycles. The van der Waals surface area contributed by atoms with Gasteiger partial charge in [0, 0.05) is 13.1 Å². The van der Waals surface area contributed by atoms with Crippen LogP contribution in [0.2, 0.25) is 0 Å². The van der Waals surface area contributed by atoms with Gasteiger partial charge in [-0.1, -0.05) is 38.5 Å². The highest BCUT2D eigenvalue weighted by molar-refractivity contribution is 7.89. The van der Waals surface area contributed by atoms with Gasteiger partial charge in [0.25, 0.3) is 0 Å². The van der Waals surface area contributed by atoms with E-state index in [0.29, 0.717) is 18.0 Å². The van der Waals surface area contributed by atoms with Crippen molar-refractivity contribution < 1.29 is 8.42 Å². The molecular formula is C16H26N2O2S. The average Bonchev–Trinajstić information content (AvgIpc) is 3.24. The summed E-state index contributed by atoms with van der Waals surface area (Å²) in [5.41, 5.74) is 1.05. The molecule has 21 heavy (non-hydrogen) atoms. The first-order valence-electron chi connectivity index (χ1n) is 7.81. The summed E-state index contributed by atoms with van der Waals surface area (Å²) in [5, 5.41) is 3.19. The molecule has 2 N–H and O–H groups in total. The summed E-state index contributed by atoms with van der Waals surface area (Å²) in [4.78, 5) is 0.401. The molecule has 0 saturated heterocycles. The maximum absolute atomic E-state index is 12.6. The fourth-order valence-corrected chi connectivity index (χ4v) is 4.11. The molecule has 0 aliphatic heterocycles. The zero-order valence-corrected chi connectivity index (χ0v) is 13.8. The summed E-state index contributed by atoms with van der Waals surface area (Å²) < 4.78 is 27.9. The normalized spacial score (nSPS) is 16.9. The maximum Gasteiger partial charge on any atom is 0.240 e. The van der Waals surface area contributed by atoms with E-state index in [1.165, 1.54) is 0 Å². The van der Waals surface area contributed by atoms with Crippen LogP contribution in [0.1, 0.15) is 45.1 Å². The minimum atomic E-state index is -3.42. The van der Waals surface area contributed by atoms with Crippen LogP contribution < -0.4 is 10.0 Å². The van der Waals surface area contributed by atoms with Gasteiger partial charge in [-0.05, 0) is 42.9 Å². The Balaban J connectivity index is 2.09. The van der Waals surface area contributed by atoms with E-state index >= 15 is 0 Å². The van der Waals surface area contributed by atoms with Crippen LogP contribution in [0.25, 0.3) is 0 Å². The second-order valence-electron chi connectivity index (χ2n) is 5.96. The quantitative estimate of drug-likeness (QED) is 0.737. The summed E-state index contributed by atoms with van der Waals surface area (Å²) in [7, 11) is -3.42. The molecule has 0 amide bonds. The minimum absolute atomic E-state index is 0.221. The lowest BCUT2D eigenvalue weighted by molar-refractivity contribution is 0.449. The van der Waals surface area contributed by atoms with Gasteiger partial charge in [0.15, 0.2) is 0 Å². The molecule has 5 heteroatoms. The third-order valence-electron chi connectivity index (χ3n) is 4.20. The molecule has 1 aliphatic carbocycles. The predicted molar refractivity (Wildman–Crippen MR) is 85.6 cm³/mol. The van der Waals surface area contributed by atoms with E-state index < -0.39 is 10.0 Å². The van der Waals surface area contributed by atoms with Gasteiger partial charge in [-0.3, -0.25) is 0 Å². The van der Waals surface area contributed by atoms with Crippen molar-refractivity contribution in [3.05, 3.63) is 29.8 Å². The predicted octanol–water partition coefficient (Wildman–Crippen LogP) is 2.65. The summed E-state index contributed by atoms with van der Waals surface area (Å²) >= 11 is 0. The van der Waals surface area contributed by atoms with Gasteiger partial charge in [-0.25, -0.2) is 13.1 Å². The fraction of sp³-hybridized carbons (Fsp3) is 0.625. The van der Waals surface area contributed by atoms with E-state index in [-0.39, 0.29) is 5.41 Å². The van der Waals surface area contributed by atoms with Crippen LogP contribution in [-0.4, -0.2) is 21.5 Å². The molecule has 1 aliphatic rings. The molecule has 0 bridgehead atoms. The highest BCUT2D eigenvalue weighted by atomic mass is 32.2. The van der Waals surface area contributed by atoms with Crippen molar-refractivity contribution >= 4 is 10.0 Å². The zero-order valence-electron chi connectivity index (χ0n) is 13.0. The Morgan fingerprint density at radius 1 is 1.19 bits per heavy atom. The molecule has 118 valence electrons. The van der Waals surface area contributed by atoms with Crippen molar-refractivity contribution in [3.63, 3.8) is 0 Å². The van der Waals surface area contributed by atoms with Crippen LogP contribution in [0.5, 0.6) is 0 Å². The van der Waals surface area contributed by atoms with Gasteiger partial charge < -0.3 is 5.32 Å². The molecule has 0 aromatic heterocycles. The van der Waals surface area contributed by atoms with E-state index in [1.807, 2.05) is 19.1 Å². The fourth-order valence-electron chi connectivity index (χ4n) is 2.72. The molecule has 2 rings (SSSR count). The van der Waals surface area contributed by atoms with Crippen LogP contribution in [0.3, 0.4) is 0 Å². The molecule has 0 unspecified atom stereocenters. The van der Waals surface area contributed by atoms with E-state index in [1.54, 1.807) is 12.1 Å². The second kappa shape index (κ2) is 6.90. The molecule has 0 atom stereocenters. The first kappa shape index (κ1) is 16.5. The van der Waals surface area contributed by atoms with Crippen LogP contribution in [0, 0.1) is 5.41 Å². The number of hydrogen-bond donors (Lipinski definition) is 2.